The average Bonchev–Trinajstić information content (AvgIpc) is 2.64. The van der Waals surface area contributed by atoms with Crippen LogP contribution in [0.4, 0.5) is 5.13 Å². The lowest BCUT2D eigenvalue weighted by atomic mass is 10.4. The quantitative estimate of drug-likeness (QED) is 0.852. The van der Waals surface area contributed by atoms with Crippen molar-refractivity contribution in [2.45, 2.75) is 22.8 Å². The molecule has 1 amide bonds. The highest BCUT2D eigenvalue weighted by Gasteiger charge is 2.30. The number of nitrogens with zero attached hydrogens (tertiary/aromatic N) is 2. The molecule has 6 heteroatoms. The van der Waals surface area contributed by atoms with E-state index in [4.69, 9.17) is 5.73 Å². The Morgan fingerprint density at radius 1 is 1.67 bits per heavy atom. The molecule has 0 radical (unpaired) electrons. The van der Waals surface area contributed by atoms with Gasteiger partial charge >= 0.3 is 0 Å². The highest BCUT2D eigenvalue weighted by Crippen LogP contribution is 2.36. The van der Waals surface area contributed by atoms with E-state index in [-0.39, 0.29) is 11.2 Å². The number of aryl methyl sites for hydroxylation is 1. The number of thioether (sulfide) groups is 1. The van der Waals surface area contributed by atoms with Gasteiger partial charge in [-0.1, -0.05) is 23.1 Å². The van der Waals surface area contributed by atoms with Crippen molar-refractivity contribution in [1.29, 1.82) is 0 Å². The van der Waals surface area contributed by atoms with Gasteiger partial charge in [0.2, 0.25) is 5.91 Å². The van der Waals surface area contributed by atoms with Gasteiger partial charge in [-0.15, -0.1) is 0 Å². The second-order valence-corrected chi connectivity index (χ2v) is 6.08. The van der Waals surface area contributed by atoms with Gasteiger partial charge in [0, 0.05) is 13.6 Å². The topological polar surface area (TPSA) is 59.2 Å². The molecule has 1 saturated heterocycles. The summed E-state index contributed by atoms with van der Waals surface area (Å²) >= 11 is 3.06. The zero-order valence-corrected chi connectivity index (χ0v) is 10.3. The lowest BCUT2D eigenvalue weighted by molar-refractivity contribution is -0.126. The van der Waals surface area contributed by atoms with E-state index in [2.05, 4.69) is 4.98 Å². The summed E-state index contributed by atoms with van der Waals surface area (Å²) in [6.07, 6.45) is 0.914. The number of aromatic nitrogens is 1. The van der Waals surface area contributed by atoms with Crippen LogP contribution in [0.1, 0.15) is 12.1 Å². The highest BCUT2D eigenvalue weighted by atomic mass is 32.2. The lowest BCUT2D eigenvalue weighted by Crippen LogP contribution is -2.23. The van der Waals surface area contributed by atoms with Crippen molar-refractivity contribution in [2.75, 3.05) is 19.3 Å². The van der Waals surface area contributed by atoms with Crippen LogP contribution >= 0.6 is 23.1 Å². The molecule has 0 bridgehead atoms. The van der Waals surface area contributed by atoms with Gasteiger partial charge in [-0.3, -0.25) is 4.79 Å². The number of hydrogen-bond donors (Lipinski definition) is 1. The van der Waals surface area contributed by atoms with E-state index in [1.807, 2.05) is 14.0 Å². The number of carbonyl (C=O) groups is 1. The van der Waals surface area contributed by atoms with E-state index in [9.17, 15) is 4.79 Å². The first-order chi connectivity index (χ1) is 7.08. The van der Waals surface area contributed by atoms with Crippen LogP contribution in [0.15, 0.2) is 4.21 Å². The molecule has 1 aliphatic rings. The summed E-state index contributed by atoms with van der Waals surface area (Å²) < 4.78 is 1.07. The van der Waals surface area contributed by atoms with E-state index in [1.165, 1.54) is 11.3 Å². The van der Waals surface area contributed by atoms with E-state index >= 15 is 0 Å². The van der Waals surface area contributed by atoms with Crippen LogP contribution in [0, 0.1) is 6.92 Å². The van der Waals surface area contributed by atoms with Crippen molar-refractivity contribution in [3.05, 3.63) is 5.69 Å². The van der Waals surface area contributed by atoms with Crippen LogP contribution in [0.5, 0.6) is 0 Å². The average molecular weight is 243 g/mol. The van der Waals surface area contributed by atoms with E-state index < -0.39 is 0 Å². The molecule has 0 aromatic carbocycles. The van der Waals surface area contributed by atoms with Crippen molar-refractivity contribution in [3.8, 4) is 0 Å². The molecule has 4 nitrogen and oxygen atoms in total. The summed E-state index contributed by atoms with van der Waals surface area (Å²) in [7, 11) is 1.84. The zero-order chi connectivity index (χ0) is 11.0. The van der Waals surface area contributed by atoms with Crippen molar-refractivity contribution in [2.24, 2.45) is 0 Å². The molecular formula is C9H13N3OS2. The Labute approximate surface area is 96.9 Å². The third-order valence-electron chi connectivity index (χ3n) is 2.40. The van der Waals surface area contributed by atoms with Crippen LogP contribution in [-0.2, 0) is 4.79 Å². The predicted octanol–water partition coefficient (Wildman–Crippen LogP) is 1.36. The minimum absolute atomic E-state index is 0.0496. The van der Waals surface area contributed by atoms with Gasteiger partial charge in [0.1, 0.15) is 0 Å². The monoisotopic (exact) mass is 243 g/mol. The normalized spacial score (nSPS) is 21.3. The van der Waals surface area contributed by atoms with Crippen LogP contribution in [-0.4, -0.2) is 34.6 Å². The minimum Gasteiger partial charge on any atom is -0.375 e. The third kappa shape index (κ3) is 2.10. The summed E-state index contributed by atoms with van der Waals surface area (Å²) in [5.74, 6) is 0.214. The first-order valence-electron chi connectivity index (χ1n) is 4.72. The number of rotatable bonds is 2. The Morgan fingerprint density at radius 2 is 2.40 bits per heavy atom. The SMILES string of the molecule is Cc1nc(N)sc1SC1CCN(C)C1=O. The molecule has 0 spiro atoms. The van der Waals surface area contributed by atoms with Crippen LogP contribution in [0.2, 0.25) is 0 Å². The number of amides is 1. The highest BCUT2D eigenvalue weighted by molar-refractivity contribution is 8.02. The molecule has 1 unspecified atom stereocenters. The number of carbonyl (C=O) groups excluding carboxylic acids is 1. The molecular weight excluding hydrogens is 230 g/mol. The second-order valence-electron chi connectivity index (χ2n) is 3.58. The molecule has 2 heterocycles. The summed E-state index contributed by atoms with van der Waals surface area (Å²) in [5.41, 5.74) is 6.55. The molecule has 0 saturated carbocycles. The summed E-state index contributed by atoms with van der Waals surface area (Å²) in [5, 5.41) is 0.627. The molecule has 1 aliphatic heterocycles. The van der Waals surface area contributed by atoms with Gasteiger partial charge in [0.15, 0.2) is 5.13 Å². The number of nitrogens with two attached hydrogens (primary N) is 1. The zero-order valence-electron chi connectivity index (χ0n) is 8.69. The molecule has 15 heavy (non-hydrogen) atoms. The fourth-order valence-electron chi connectivity index (χ4n) is 1.54. The maximum absolute atomic E-state index is 11.7. The first-order valence-corrected chi connectivity index (χ1v) is 6.42. The Morgan fingerprint density at radius 3 is 2.87 bits per heavy atom. The van der Waals surface area contributed by atoms with Crippen LogP contribution in [0.3, 0.4) is 0 Å². The molecule has 2 rings (SSSR count). The van der Waals surface area contributed by atoms with Gasteiger partial charge < -0.3 is 10.6 Å². The first kappa shape index (κ1) is 10.8. The summed E-state index contributed by atoms with van der Waals surface area (Å²) in [4.78, 5) is 17.6. The van der Waals surface area contributed by atoms with E-state index in [1.54, 1.807) is 16.7 Å². The summed E-state index contributed by atoms with van der Waals surface area (Å²) in [6.45, 7) is 2.78. The van der Waals surface area contributed by atoms with E-state index in [0.29, 0.717) is 5.13 Å². The van der Waals surface area contributed by atoms with Gasteiger partial charge in [-0.25, -0.2) is 4.98 Å². The Bertz CT molecular complexity index is 391. The lowest BCUT2D eigenvalue weighted by Gasteiger charge is -2.08. The Kier molecular flexibility index (Phi) is 2.88. The summed E-state index contributed by atoms with van der Waals surface area (Å²) in [6, 6.07) is 0. The molecule has 82 valence electrons. The minimum atomic E-state index is 0.0496. The molecule has 0 aliphatic carbocycles. The van der Waals surface area contributed by atoms with Crippen molar-refractivity contribution < 1.29 is 4.79 Å². The predicted molar refractivity (Wildman–Crippen MR) is 63.2 cm³/mol. The fourth-order valence-corrected chi connectivity index (χ4v) is 3.88. The van der Waals surface area contributed by atoms with E-state index in [0.717, 1.165) is 22.9 Å². The second kappa shape index (κ2) is 4.02. The number of hydrogen-bond acceptors (Lipinski definition) is 5. The standard InChI is InChI=1S/C9H13N3OS2/c1-5-8(15-9(10)11-5)14-6-3-4-12(2)7(6)13/h6H,3-4H2,1-2H3,(H2,10,11). The van der Waals surface area contributed by atoms with Gasteiger partial charge in [-0.05, 0) is 13.3 Å². The van der Waals surface area contributed by atoms with Gasteiger partial charge in [0.25, 0.3) is 0 Å². The number of nitrogen functional groups attached to an aromatic ring is 1. The Hall–Kier alpha value is -0.750. The van der Waals surface area contributed by atoms with Crippen molar-refractivity contribution in [3.63, 3.8) is 0 Å². The molecule has 1 fully saturated rings. The number of likely N-dealkylation sites (tertiary alicyclic amines) is 1. The Balaban J connectivity index is 2.09. The third-order valence-corrected chi connectivity index (χ3v) is 4.95. The van der Waals surface area contributed by atoms with Crippen molar-refractivity contribution >= 4 is 34.1 Å². The molecule has 2 N–H and O–H groups in total. The van der Waals surface area contributed by atoms with Crippen LogP contribution < -0.4 is 5.73 Å². The van der Waals surface area contributed by atoms with Gasteiger partial charge in [0.05, 0.1) is 15.2 Å². The fraction of sp³-hybridized carbons (Fsp3) is 0.556. The largest absolute Gasteiger partial charge is 0.375 e. The van der Waals surface area contributed by atoms with Crippen molar-refractivity contribution in [1.82, 2.24) is 9.88 Å². The number of thiazole rings is 1. The molecule has 1 aromatic heterocycles. The molecule has 1 atom stereocenters. The van der Waals surface area contributed by atoms with Gasteiger partial charge in [-0.2, -0.15) is 0 Å². The molecule has 1 aromatic rings. The number of anilines is 1. The maximum atomic E-state index is 11.7. The smallest absolute Gasteiger partial charge is 0.235 e. The van der Waals surface area contributed by atoms with Crippen LogP contribution in [0.25, 0.3) is 0 Å². The maximum Gasteiger partial charge on any atom is 0.235 e.